The van der Waals surface area contributed by atoms with E-state index >= 15 is 0 Å². The fourth-order valence-corrected chi connectivity index (χ4v) is 4.78. The summed E-state index contributed by atoms with van der Waals surface area (Å²) in [5.41, 5.74) is 1.28. The molecule has 31 heavy (non-hydrogen) atoms. The van der Waals surface area contributed by atoms with Crippen LogP contribution in [0.1, 0.15) is 44.0 Å². The van der Waals surface area contributed by atoms with Crippen molar-refractivity contribution in [3.63, 3.8) is 0 Å². The minimum absolute atomic E-state index is 0.0963. The molecule has 0 saturated carbocycles. The van der Waals surface area contributed by atoms with Crippen LogP contribution in [0.2, 0.25) is 8.67 Å². The molecular weight excluding hydrogens is 461 g/mol. The van der Waals surface area contributed by atoms with Crippen LogP contribution < -0.4 is 4.74 Å². The predicted molar refractivity (Wildman–Crippen MR) is 123 cm³/mol. The third-order valence-corrected chi connectivity index (χ3v) is 6.18. The van der Waals surface area contributed by atoms with Gasteiger partial charge in [0.2, 0.25) is 0 Å². The van der Waals surface area contributed by atoms with Crippen LogP contribution in [0, 0.1) is 0 Å². The van der Waals surface area contributed by atoms with Gasteiger partial charge in [-0.15, -0.1) is 11.3 Å². The number of amides is 1. The van der Waals surface area contributed by atoms with E-state index in [4.69, 9.17) is 37.4 Å². The quantitative estimate of drug-likeness (QED) is 0.476. The molecule has 2 heterocycles. The Labute approximate surface area is 196 Å². The smallest absolute Gasteiger partial charge is 0.410 e. The Balaban J connectivity index is 1.74. The van der Waals surface area contributed by atoms with Gasteiger partial charge in [-0.2, -0.15) is 0 Å². The molecule has 0 N–H and O–H groups in total. The van der Waals surface area contributed by atoms with Gasteiger partial charge < -0.3 is 19.1 Å². The average Bonchev–Trinajstić information content (AvgIpc) is 3.04. The number of rotatable bonds is 4. The zero-order valence-electron chi connectivity index (χ0n) is 17.9. The van der Waals surface area contributed by atoms with Crippen LogP contribution in [0.25, 0.3) is 11.1 Å². The molecule has 2 aromatic rings. The van der Waals surface area contributed by atoms with Gasteiger partial charge >= 0.3 is 12.1 Å². The molecule has 6 nitrogen and oxygen atoms in total. The number of methoxy groups -OCH3 is 1. The number of likely N-dealkylation sites (tertiary alicyclic amines) is 1. The molecule has 1 aromatic heterocycles. The van der Waals surface area contributed by atoms with E-state index in [2.05, 4.69) is 0 Å². The van der Waals surface area contributed by atoms with Crippen molar-refractivity contribution >= 4 is 46.6 Å². The number of nitrogens with zero attached hydrogens (tertiary/aromatic N) is 1. The molecule has 1 amide bonds. The second-order valence-electron chi connectivity index (χ2n) is 8.26. The van der Waals surface area contributed by atoms with Gasteiger partial charge in [-0.3, -0.25) is 0 Å². The summed E-state index contributed by atoms with van der Waals surface area (Å²) in [6, 6.07) is 6.94. The maximum atomic E-state index is 12.3. The molecule has 1 saturated heterocycles. The van der Waals surface area contributed by atoms with E-state index in [0.717, 1.165) is 11.1 Å². The summed E-state index contributed by atoms with van der Waals surface area (Å²) < 4.78 is 17.6. The summed E-state index contributed by atoms with van der Waals surface area (Å²) >= 11 is 13.7. The van der Waals surface area contributed by atoms with Gasteiger partial charge in [0.1, 0.15) is 21.8 Å². The van der Waals surface area contributed by atoms with Crippen molar-refractivity contribution in [3.05, 3.63) is 38.5 Å². The Kier molecular flexibility index (Phi) is 7.39. The second-order valence-corrected chi connectivity index (χ2v) is 10.5. The molecule has 9 heteroatoms. The minimum Gasteiger partial charge on any atom is -0.490 e. The zero-order chi connectivity index (χ0) is 22.8. The van der Waals surface area contributed by atoms with E-state index in [1.165, 1.54) is 18.4 Å². The SMILES string of the molecule is COC(=O)c1cc(OC2CCN(C(=O)OC(C)(C)C)CC2)cc(-c2cc(Cl)sc2Cl)c1. The van der Waals surface area contributed by atoms with Crippen LogP contribution >= 0.6 is 34.5 Å². The third-order valence-electron chi connectivity index (χ3n) is 4.69. The summed E-state index contributed by atoms with van der Waals surface area (Å²) in [4.78, 5) is 26.1. The van der Waals surface area contributed by atoms with Crippen LogP contribution in [0.4, 0.5) is 4.79 Å². The standard InChI is InChI=1S/C22H25Cl2NO5S/c1-22(2,3)30-21(27)25-7-5-15(6-8-25)29-16-10-13(9-14(11-16)20(26)28-4)17-12-18(23)31-19(17)24/h9-12,15H,5-8H2,1-4H3. The molecule has 1 aromatic carbocycles. The van der Waals surface area contributed by atoms with E-state index in [-0.39, 0.29) is 12.2 Å². The van der Waals surface area contributed by atoms with Crippen molar-refractivity contribution in [3.8, 4) is 16.9 Å². The van der Waals surface area contributed by atoms with Crippen molar-refractivity contribution < 1.29 is 23.8 Å². The summed E-state index contributed by atoms with van der Waals surface area (Å²) in [5, 5.41) is 0. The highest BCUT2D eigenvalue weighted by Gasteiger charge is 2.28. The summed E-state index contributed by atoms with van der Waals surface area (Å²) in [5.74, 6) is 0.0656. The molecule has 0 unspecified atom stereocenters. The normalized spacial score (nSPS) is 15.0. The molecule has 1 aliphatic heterocycles. The van der Waals surface area contributed by atoms with Crippen molar-refractivity contribution in [2.75, 3.05) is 20.2 Å². The highest BCUT2D eigenvalue weighted by Crippen LogP contribution is 2.40. The summed E-state index contributed by atoms with van der Waals surface area (Å²) in [7, 11) is 1.33. The molecule has 1 aliphatic rings. The Morgan fingerprint density at radius 2 is 1.77 bits per heavy atom. The summed E-state index contributed by atoms with van der Waals surface area (Å²) in [6.45, 7) is 6.61. The van der Waals surface area contributed by atoms with Crippen molar-refractivity contribution in [2.24, 2.45) is 0 Å². The lowest BCUT2D eigenvalue weighted by Crippen LogP contribution is -2.44. The Bertz CT molecular complexity index is 961. The highest BCUT2D eigenvalue weighted by molar-refractivity contribution is 7.20. The van der Waals surface area contributed by atoms with E-state index in [1.54, 1.807) is 23.1 Å². The van der Waals surface area contributed by atoms with Gasteiger partial charge in [0.25, 0.3) is 0 Å². The van der Waals surface area contributed by atoms with E-state index < -0.39 is 11.6 Å². The van der Waals surface area contributed by atoms with Crippen molar-refractivity contribution in [1.29, 1.82) is 0 Å². The van der Waals surface area contributed by atoms with Gasteiger partial charge in [-0.05, 0) is 50.6 Å². The maximum absolute atomic E-state index is 12.3. The van der Waals surface area contributed by atoms with Gasteiger partial charge in [0.05, 0.1) is 17.0 Å². The van der Waals surface area contributed by atoms with E-state index in [1.807, 2.05) is 26.8 Å². The van der Waals surface area contributed by atoms with Gasteiger partial charge in [0.15, 0.2) is 0 Å². The molecule has 0 atom stereocenters. The number of thiophene rings is 1. The topological polar surface area (TPSA) is 65.1 Å². The van der Waals surface area contributed by atoms with Crippen LogP contribution in [0.5, 0.6) is 5.75 Å². The molecule has 3 rings (SSSR count). The Hall–Kier alpha value is -1.96. The van der Waals surface area contributed by atoms with Crippen LogP contribution in [0.3, 0.4) is 0 Å². The molecule has 168 valence electrons. The number of piperidine rings is 1. The first-order valence-corrected chi connectivity index (χ1v) is 11.5. The first kappa shape index (κ1) is 23.7. The number of benzene rings is 1. The fraction of sp³-hybridized carbons (Fsp3) is 0.455. The van der Waals surface area contributed by atoms with Gasteiger partial charge in [-0.25, -0.2) is 9.59 Å². The number of hydrogen-bond acceptors (Lipinski definition) is 6. The van der Waals surface area contributed by atoms with Crippen LogP contribution in [0.15, 0.2) is 24.3 Å². The Morgan fingerprint density at radius 3 is 2.32 bits per heavy atom. The predicted octanol–water partition coefficient (Wildman–Crippen LogP) is 6.29. The first-order valence-electron chi connectivity index (χ1n) is 9.89. The molecule has 1 fully saturated rings. The highest BCUT2D eigenvalue weighted by atomic mass is 35.5. The average molecular weight is 486 g/mol. The second kappa shape index (κ2) is 9.67. The number of esters is 1. The third kappa shape index (κ3) is 6.28. The lowest BCUT2D eigenvalue weighted by molar-refractivity contribution is 0.0126. The van der Waals surface area contributed by atoms with Crippen molar-refractivity contribution in [1.82, 2.24) is 4.90 Å². The lowest BCUT2D eigenvalue weighted by Gasteiger charge is -2.33. The molecular formula is C22H25Cl2NO5S. The number of carbonyl (C=O) groups is 2. The monoisotopic (exact) mass is 485 g/mol. The minimum atomic E-state index is -0.527. The molecule has 0 spiro atoms. The Morgan fingerprint density at radius 1 is 1.10 bits per heavy atom. The zero-order valence-corrected chi connectivity index (χ0v) is 20.2. The number of carbonyl (C=O) groups excluding carboxylic acids is 2. The van der Waals surface area contributed by atoms with Crippen LogP contribution in [-0.4, -0.2) is 48.9 Å². The lowest BCUT2D eigenvalue weighted by atomic mass is 10.0. The van der Waals surface area contributed by atoms with Crippen molar-refractivity contribution in [2.45, 2.75) is 45.3 Å². The number of ether oxygens (including phenoxy) is 3. The number of hydrogen-bond donors (Lipinski definition) is 0. The van der Waals surface area contributed by atoms with Gasteiger partial charge in [0, 0.05) is 31.5 Å². The fourth-order valence-electron chi connectivity index (χ4n) is 3.27. The molecule has 0 radical (unpaired) electrons. The molecule has 0 aliphatic carbocycles. The maximum Gasteiger partial charge on any atom is 0.410 e. The van der Waals surface area contributed by atoms with Gasteiger partial charge in [-0.1, -0.05) is 23.2 Å². The first-order chi connectivity index (χ1) is 14.6. The largest absolute Gasteiger partial charge is 0.490 e. The number of halogens is 2. The van der Waals surface area contributed by atoms with E-state index in [0.29, 0.717) is 45.9 Å². The van der Waals surface area contributed by atoms with E-state index in [9.17, 15) is 9.59 Å². The summed E-state index contributed by atoms with van der Waals surface area (Å²) in [6.07, 6.45) is 0.898. The van der Waals surface area contributed by atoms with Crippen LogP contribution in [-0.2, 0) is 9.47 Å². The molecule has 0 bridgehead atoms.